The van der Waals surface area contributed by atoms with Crippen LogP contribution in [0.25, 0.3) is 0 Å². The van der Waals surface area contributed by atoms with Crippen LogP contribution in [0.3, 0.4) is 0 Å². The Kier molecular flexibility index (Phi) is 3.49. The first-order valence-electron chi connectivity index (χ1n) is 4.75. The maximum absolute atomic E-state index is 5.41. The number of methoxy groups -OCH3 is 1. The Bertz CT molecular complexity index is 248. The van der Waals surface area contributed by atoms with E-state index < -0.39 is 0 Å². The Labute approximate surface area is 80.8 Å². The summed E-state index contributed by atoms with van der Waals surface area (Å²) in [6, 6.07) is 0. The molecular weight excluding hydrogens is 160 g/mol. The Morgan fingerprint density at radius 2 is 2.23 bits per heavy atom. The molecule has 0 fully saturated rings. The monoisotopic (exact) mass is 178 g/mol. The normalized spacial score (nSPS) is 28.8. The van der Waals surface area contributed by atoms with Gasteiger partial charge in [-0.15, -0.1) is 0 Å². The van der Waals surface area contributed by atoms with E-state index in [0.29, 0.717) is 12.0 Å². The predicted molar refractivity (Wildman–Crippen MR) is 56.6 cm³/mol. The van der Waals surface area contributed by atoms with Crippen molar-refractivity contribution in [3.05, 3.63) is 36.0 Å². The fourth-order valence-electron chi connectivity index (χ4n) is 1.93. The van der Waals surface area contributed by atoms with E-state index in [9.17, 15) is 0 Å². The van der Waals surface area contributed by atoms with E-state index in [1.165, 1.54) is 11.1 Å². The summed E-state index contributed by atoms with van der Waals surface area (Å²) in [5.41, 5.74) is 2.71. The number of rotatable bonds is 3. The lowest BCUT2D eigenvalue weighted by molar-refractivity contribution is 0.0822. The number of hydrogen-bond donors (Lipinski definition) is 0. The third kappa shape index (κ3) is 1.92. The molecule has 0 saturated carbocycles. The molecule has 1 nitrogen and oxygen atoms in total. The van der Waals surface area contributed by atoms with E-state index in [1.54, 1.807) is 7.11 Å². The van der Waals surface area contributed by atoms with Crippen LogP contribution in [0.15, 0.2) is 36.0 Å². The second-order valence-corrected chi connectivity index (χ2v) is 3.45. The van der Waals surface area contributed by atoms with Crippen molar-refractivity contribution in [3.63, 3.8) is 0 Å². The molecule has 0 saturated heterocycles. The molecule has 0 aromatic rings. The highest BCUT2D eigenvalue weighted by Gasteiger charge is 2.28. The third-order valence-corrected chi connectivity index (χ3v) is 2.74. The lowest BCUT2D eigenvalue weighted by atomic mass is 10.0. The van der Waals surface area contributed by atoms with Crippen LogP contribution < -0.4 is 0 Å². The minimum atomic E-state index is 0.333. The van der Waals surface area contributed by atoms with Gasteiger partial charge in [-0.3, -0.25) is 0 Å². The molecule has 0 amide bonds. The quantitative estimate of drug-likeness (QED) is 0.645. The van der Waals surface area contributed by atoms with Crippen molar-refractivity contribution in [2.45, 2.75) is 26.4 Å². The Balaban J connectivity index is 2.90. The lowest BCUT2D eigenvalue weighted by Crippen LogP contribution is -2.15. The van der Waals surface area contributed by atoms with Gasteiger partial charge in [0.1, 0.15) is 0 Å². The average molecular weight is 178 g/mol. The van der Waals surface area contributed by atoms with Crippen LogP contribution in [0.5, 0.6) is 0 Å². The Hall–Kier alpha value is -0.820. The van der Waals surface area contributed by atoms with E-state index in [-0.39, 0.29) is 0 Å². The van der Waals surface area contributed by atoms with E-state index >= 15 is 0 Å². The minimum absolute atomic E-state index is 0.333. The standard InChI is InChI=1S/C12H18O/c1-5-7-11-9(3)12(13-4)8-10(11)6-2/h5-7,9,12H,2,8H2,1,3-4H3/b7-5-. The van der Waals surface area contributed by atoms with Gasteiger partial charge in [0.25, 0.3) is 0 Å². The van der Waals surface area contributed by atoms with Gasteiger partial charge in [-0.05, 0) is 24.5 Å². The van der Waals surface area contributed by atoms with Gasteiger partial charge in [-0.1, -0.05) is 31.7 Å². The van der Waals surface area contributed by atoms with E-state index in [1.807, 2.05) is 13.0 Å². The second kappa shape index (κ2) is 4.43. The van der Waals surface area contributed by atoms with Crippen LogP contribution in [-0.4, -0.2) is 13.2 Å². The van der Waals surface area contributed by atoms with Crippen LogP contribution in [-0.2, 0) is 4.74 Å². The zero-order chi connectivity index (χ0) is 9.84. The number of ether oxygens (including phenoxy) is 1. The molecule has 72 valence electrons. The van der Waals surface area contributed by atoms with E-state index in [2.05, 4.69) is 25.7 Å². The van der Waals surface area contributed by atoms with Gasteiger partial charge in [0.2, 0.25) is 0 Å². The predicted octanol–water partition coefficient (Wildman–Crippen LogP) is 3.10. The Morgan fingerprint density at radius 1 is 1.54 bits per heavy atom. The van der Waals surface area contributed by atoms with Gasteiger partial charge >= 0.3 is 0 Å². The van der Waals surface area contributed by atoms with Gasteiger partial charge in [-0.2, -0.15) is 0 Å². The molecule has 1 aliphatic carbocycles. The first-order chi connectivity index (χ1) is 6.24. The van der Waals surface area contributed by atoms with Crippen LogP contribution in [0.2, 0.25) is 0 Å². The van der Waals surface area contributed by atoms with Crippen molar-refractivity contribution >= 4 is 0 Å². The van der Waals surface area contributed by atoms with Crippen molar-refractivity contribution in [1.82, 2.24) is 0 Å². The van der Waals surface area contributed by atoms with Gasteiger partial charge < -0.3 is 4.74 Å². The van der Waals surface area contributed by atoms with Crippen LogP contribution in [0.4, 0.5) is 0 Å². The molecular formula is C12H18O. The minimum Gasteiger partial charge on any atom is -0.380 e. The zero-order valence-electron chi connectivity index (χ0n) is 8.71. The highest BCUT2D eigenvalue weighted by atomic mass is 16.5. The first kappa shape index (κ1) is 10.3. The summed E-state index contributed by atoms with van der Waals surface area (Å²) in [6.07, 6.45) is 7.53. The van der Waals surface area contributed by atoms with Crippen LogP contribution >= 0.6 is 0 Å². The van der Waals surface area contributed by atoms with Crippen LogP contribution in [0, 0.1) is 5.92 Å². The van der Waals surface area contributed by atoms with Crippen molar-refractivity contribution < 1.29 is 4.74 Å². The average Bonchev–Trinajstić information content (AvgIpc) is 2.45. The summed E-state index contributed by atoms with van der Waals surface area (Å²) in [5.74, 6) is 0.495. The van der Waals surface area contributed by atoms with Crippen molar-refractivity contribution in [1.29, 1.82) is 0 Å². The summed E-state index contributed by atoms with van der Waals surface area (Å²) < 4.78 is 5.41. The highest BCUT2D eigenvalue weighted by Crippen LogP contribution is 2.34. The van der Waals surface area contributed by atoms with Crippen molar-refractivity contribution in [2.24, 2.45) is 5.92 Å². The van der Waals surface area contributed by atoms with E-state index in [4.69, 9.17) is 4.74 Å². The Morgan fingerprint density at radius 3 is 2.69 bits per heavy atom. The smallest absolute Gasteiger partial charge is 0.0677 e. The topological polar surface area (TPSA) is 9.23 Å². The maximum Gasteiger partial charge on any atom is 0.0677 e. The molecule has 0 spiro atoms. The van der Waals surface area contributed by atoms with Crippen molar-refractivity contribution in [3.8, 4) is 0 Å². The molecule has 0 aromatic carbocycles. The molecule has 1 aliphatic rings. The highest BCUT2D eigenvalue weighted by molar-refractivity contribution is 5.39. The van der Waals surface area contributed by atoms with Gasteiger partial charge in [0, 0.05) is 13.0 Å². The molecule has 0 bridgehead atoms. The maximum atomic E-state index is 5.41. The fraction of sp³-hybridized carbons (Fsp3) is 0.500. The SMILES string of the molecule is C=CC1=C(/C=C\C)C(C)C(OC)C1. The fourth-order valence-corrected chi connectivity index (χ4v) is 1.93. The molecule has 13 heavy (non-hydrogen) atoms. The summed E-state index contributed by atoms with van der Waals surface area (Å²) in [4.78, 5) is 0. The molecule has 1 heteroatoms. The summed E-state index contributed by atoms with van der Waals surface area (Å²) in [5, 5.41) is 0. The summed E-state index contributed by atoms with van der Waals surface area (Å²) in [6.45, 7) is 8.08. The molecule has 0 N–H and O–H groups in total. The van der Waals surface area contributed by atoms with Crippen LogP contribution in [0.1, 0.15) is 20.3 Å². The molecule has 0 heterocycles. The van der Waals surface area contributed by atoms with Gasteiger partial charge in [0.15, 0.2) is 0 Å². The van der Waals surface area contributed by atoms with Crippen molar-refractivity contribution in [2.75, 3.05) is 7.11 Å². The summed E-state index contributed by atoms with van der Waals surface area (Å²) >= 11 is 0. The number of hydrogen-bond acceptors (Lipinski definition) is 1. The van der Waals surface area contributed by atoms with Gasteiger partial charge in [0.05, 0.1) is 6.10 Å². The first-order valence-corrected chi connectivity index (χ1v) is 4.75. The van der Waals surface area contributed by atoms with Gasteiger partial charge in [-0.25, -0.2) is 0 Å². The molecule has 0 aliphatic heterocycles. The third-order valence-electron chi connectivity index (χ3n) is 2.74. The molecule has 2 atom stereocenters. The second-order valence-electron chi connectivity index (χ2n) is 3.45. The summed E-state index contributed by atoms with van der Waals surface area (Å²) in [7, 11) is 1.78. The molecule has 0 radical (unpaired) electrons. The van der Waals surface area contributed by atoms with E-state index in [0.717, 1.165) is 6.42 Å². The lowest BCUT2D eigenvalue weighted by Gasteiger charge is -2.14. The largest absolute Gasteiger partial charge is 0.380 e. The zero-order valence-corrected chi connectivity index (χ0v) is 8.71. The molecule has 0 aromatic heterocycles. The molecule has 2 unspecified atom stereocenters. The molecule has 1 rings (SSSR count). The number of allylic oxidation sites excluding steroid dienone is 3.